The summed E-state index contributed by atoms with van der Waals surface area (Å²) in [4.78, 5) is 0. The first kappa shape index (κ1) is 20.1. The smallest absolute Gasteiger partial charge is 0.0654 e. The highest BCUT2D eigenvalue weighted by Gasteiger charge is 2.50. The molecule has 0 aromatic rings. The molecule has 4 heteroatoms. The van der Waals surface area contributed by atoms with Gasteiger partial charge in [-0.25, -0.2) is 0 Å². The first-order valence-corrected chi connectivity index (χ1v) is 11.1. The number of hydrogen-bond acceptors (Lipinski definition) is 0. The molecule has 0 aliphatic rings. The molecule has 2 unspecified atom stereocenters. The topological polar surface area (TPSA) is 0 Å². The van der Waals surface area contributed by atoms with Crippen LogP contribution in [0.15, 0.2) is 0 Å². The maximum absolute atomic E-state index is 6.68. The summed E-state index contributed by atoms with van der Waals surface area (Å²) in [5.41, 5.74) is 6.64. The Labute approximate surface area is 131 Å². The Bertz CT molecular complexity index is 407. The number of hydrogen-bond donors (Lipinski definition) is 0. The zero-order valence-corrected chi connectivity index (χ0v) is 16.3. The zero-order chi connectivity index (χ0) is 16.2. The van der Waals surface area contributed by atoms with Gasteiger partial charge in [-0.3, -0.25) is 0 Å². The largest absolute Gasteiger partial charge is 0.381 e. The second kappa shape index (κ2) is 6.91. The molecule has 0 nitrogen and oxygen atoms in total. The second-order valence-corrected chi connectivity index (χ2v) is 14.8. The van der Waals surface area contributed by atoms with Crippen molar-refractivity contribution in [3.05, 3.63) is 0 Å². The third kappa shape index (κ3) is 4.84. The van der Waals surface area contributed by atoms with E-state index in [1.807, 2.05) is 13.8 Å². The van der Waals surface area contributed by atoms with Crippen LogP contribution < -0.4 is 0 Å². The van der Waals surface area contributed by atoms with Crippen LogP contribution in [0.5, 0.6) is 0 Å². The normalized spacial score (nSPS) is 17.8. The Morgan fingerprint density at radius 3 is 1.10 bits per heavy atom. The molecule has 2 atom stereocenters. The van der Waals surface area contributed by atoms with Crippen LogP contribution in [0, 0.1) is 23.2 Å². The minimum absolute atomic E-state index is 0.0262. The lowest BCUT2D eigenvalue weighted by atomic mass is 10.3. The van der Waals surface area contributed by atoms with E-state index in [0.717, 1.165) is 12.3 Å². The van der Waals surface area contributed by atoms with Crippen LogP contribution in [0.25, 0.3) is 0 Å². The van der Waals surface area contributed by atoms with Crippen molar-refractivity contribution in [3.63, 3.8) is 0 Å². The van der Waals surface area contributed by atoms with Crippen molar-refractivity contribution < 1.29 is 0 Å². The summed E-state index contributed by atoms with van der Waals surface area (Å²) in [6.07, 6.45) is 1.79. The summed E-state index contributed by atoms with van der Waals surface area (Å²) in [6.45, 7) is 16.8. The van der Waals surface area contributed by atoms with E-state index in [2.05, 4.69) is 64.7 Å². The molecule has 0 heterocycles. The molecule has 0 rings (SSSR count). The molecule has 0 bridgehead atoms. The van der Waals surface area contributed by atoms with E-state index in [1.54, 1.807) is 0 Å². The van der Waals surface area contributed by atoms with Gasteiger partial charge < -0.3 is 0 Å². The van der Waals surface area contributed by atoms with E-state index in [4.69, 9.17) is 15.1 Å². The molecule has 0 aliphatic heterocycles. The molecule has 20 heavy (non-hydrogen) atoms. The van der Waals surface area contributed by atoms with Crippen molar-refractivity contribution in [2.24, 2.45) is 0 Å². The summed E-state index contributed by atoms with van der Waals surface area (Å²) in [5.74, 6) is 6.06. The Morgan fingerprint density at radius 1 is 0.700 bits per heavy atom. The monoisotopic (exact) mass is 304 g/mol. The fourth-order valence-electron chi connectivity index (χ4n) is 1.83. The highest BCUT2D eigenvalue weighted by atomic mass is 31.2. The molecular formula is C16H28B2P2+2. The Balaban J connectivity index is 5.38. The lowest BCUT2D eigenvalue weighted by Gasteiger charge is -2.35. The average Bonchev–Trinajstić information content (AvgIpc) is 2.24. The van der Waals surface area contributed by atoms with Gasteiger partial charge in [-0.2, -0.15) is 0 Å². The quantitative estimate of drug-likeness (QED) is 0.401. The average molecular weight is 304 g/mol. The van der Waals surface area contributed by atoms with Crippen LogP contribution in [0.4, 0.5) is 0 Å². The van der Waals surface area contributed by atoms with Gasteiger partial charge in [0.1, 0.15) is 0 Å². The minimum atomic E-state index is -1.82. The minimum Gasteiger partial charge on any atom is -0.0654 e. The molecule has 0 aromatic carbocycles. The van der Waals surface area contributed by atoms with E-state index in [-0.39, 0.29) is 10.3 Å². The van der Waals surface area contributed by atoms with Crippen LogP contribution in [-0.2, 0) is 0 Å². The van der Waals surface area contributed by atoms with Gasteiger partial charge >= 0.3 is 15.1 Å². The Hall–Kier alpha value is 0.110. The molecule has 0 spiro atoms. The lowest BCUT2D eigenvalue weighted by Crippen LogP contribution is -2.28. The summed E-state index contributed by atoms with van der Waals surface area (Å²) in [5, 5.41) is 0.0523. The van der Waals surface area contributed by atoms with Crippen LogP contribution >= 0.6 is 14.3 Å². The van der Waals surface area contributed by atoms with Gasteiger partial charge in [0.05, 0.1) is 34.0 Å². The Morgan fingerprint density at radius 2 is 0.950 bits per heavy atom. The van der Waals surface area contributed by atoms with Crippen molar-refractivity contribution in [3.8, 4) is 23.2 Å². The summed E-state index contributed by atoms with van der Waals surface area (Å²) in [7, 11) is 9.72. The molecular weight excluding hydrogens is 276 g/mol. The van der Waals surface area contributed by atoms with Crippen molar-refractivity contribution in [2.75, 3.05) is 12.3 Å². The summed E-state index contributed by atoms with van der Waals surface area (Å²) >= 11 is 0. The van der Waals surface area contributed by atoms with E-state index < -0.39 is 14.3 Å². The van der Waals surface area contributed by atoms with Gasteiger partial charge in [-0.15, -0.1) is 0 Å². The maximum atomic E-state index is 6.68. The summed E-state index contributed by atoms with van der Waals surface area (Å²) < 4.78 is 0. The predicted octanol–water partition coefficient (Wildman–Crippen LogP) is 4.75. The maximum Gasteiger partial charge on any atom is 0.381 e. The molecule has 0 saturated carbocycles. The van der Waals surface area contributed by atoms with Crippen LogP contribution in [0.1, 0.15) is 55.4 Å². The molecule has 0 aliphatic carbocycles. The number of rotatable bonds is 3. The van der Waals surface area contributed by atoms with Crippen molar-refractivity contribution in [2.45, 2.75) is 65.7 Å². The second-order valence-electron chi connectivity index (χ2n) is 7.25. The molecule has 106 valence electrons. The van der Waals surface area contributed by atoms with Gasteiger partial charge in [0.15, 0.2) is 0 Å². The first-order chi connectivity index (χ1) is 8.83. The van der Waals surface area contributed by atoms with Crippen molar-refractivity contribution in [1.29, 1.82) is 0 Å². The molecule has 0 saturated heterocycles. The SMILES string of the molecule is [B][P+](C#CC)(CC[P+]([B])(C#CC)C(C)(C)C)C(C)(C)C. The third-order valence-corrected chi connectivity index (χ3v) is 12.1. The fourth-order valence-corrected chi connectivity index (χ4v) is 7.39. The highest BCUT2D eigenvalue weighted by molar-refractivity contribution is 8.05. The van der Waals surface area contributed by atoms with Gasteiger partial charge in [0.25, 0.3) is 0 Å². The van der Waals surface area contributed by atoms with E-state index in [0.29, 0.717) is 0 Å². The zero-order valence-electron chi connectivity index (χ0n) is 14.5. The van der Waals surface area contributed by atoms with E-state index >= 15 is 0 Å². The van der Waals surface area contributed by atoms with Crippen LogP contribution in [0.3, 0.4) is 0 Å². The standard InChI is InChI=1S/C16H28B2P2/c1-9-11-19(17,15(3,4)5)13-14-20(18,12-10-2)16(6,7)8/h13-14H2,1-8H3/q+2. The fraction of sp³-hybridized carbons (Fsp3) is 0.750. The van der Waals surface area contributed by atoms with Gasteiger partial charge in [-0.05, 0) is 41.5 Å². The van der Waals surface area contributed by atoms with Crippen molar-refractivity contribution >= 4 is 29.4 Å². The van der Waals surface area contributed by atoms with E-state index in [1.165, 1.54) is 0 Å². The third-order valence-electron chi connectivity index (χ3n) is 3.82. The summed E-state index contributed by atoms with van der Waals surface area (Å²) in [6, 6.07) is 0. The van der Waals surface area contributed by atoms with Crippen LogP contribution in [0.2, 0.25) is 0 Å². The molecule has 0 amide bonds. The predicted molar refractivity (Wildman–Crippen MR) is 101 cm³/mol. The highest BCUT2D eigenvalue weighted by Crippen LogP contribution is 2.70. The molecule has 0 aromatic heterocycles. The molecule has 0 N–H and O–H groups in total. The van der Waals surface area contributed by atoms with Crippen molar-refractivity contribution in [1.82, 2.24) is 0 Å². The van der Waals surface area contributed by atoms with Gasteiger partial charge in [0.2, 0.25) is 0 Å². The lowest BCUT2D eigenvalue weighted by molar-refractivity contribution is 0.777. The first-order valence-electron chi connectivity index (χ1n) is 7.04. The Kier molecular flexibility index (Phi) is 6.95. The van der Waals surface area contributed by atoms with Gasteiger partial charge in [0, 0.05) is 28.1 Å². The molecule has 0 fully saturated rings. The molecule has 4 radical (unpaired) electrons. The van der Waals surface area contributed by atoms with E-state index in [9.17, 15) is 0 Å². The van der Waals surface area contributed by atoms with Gasteiger partial charge in [-0.1, -0.05) is 11.8 Å². The van der Waals surface area contributed by atoms with Crippen LogP contribution in [-0.4, -0.2) is 37.8 Å².